The minimum Gasteiger partial charge on any atom is -0.351 e. The maximum Gasteiger partial charge on any atom is 0.263 e. The molecule has 3 N–H and O–H groups in total. The second-order valence-electron chi connectivity index (χ2n) is 3.29. The summed E-state index contributed by atoms with van der Waals surface area (Å²) in [4.78, 5) is 12.5. The van der Waals surface area contributed by atoms with Crippen molar-refractivity contribution in [1.29, 1.82) is 0 Å². The highest BCUT2D eigenvalue weighted by molar-refractivity contribution is 7.12. The summed E-state index contributed by atoms with van der Waals surface area (Å²) in [7, 11) is 0. The van der Waals surface area contributed by atoms with E-state index in [2.05, 4.69) is 20.8 Å². The molecule has 2 aromatic heterocycles. The van der Waals surface area contributed by atoms with Crippen molar-refractivity contribution in [2.75, 3.05) is 13.1 Å². The molecule has 1 amide bonds. The van der Waals surface area contributed by atoms with Gasteiger partial charge in [-0.05, 0) is 34.8 Å². The van der Waals surface area contributed by atoms with Crippen molar-refractivity contribution in [2.24, 2.45) is 5.73 Å². The highest BCUT2D eigenvalue weighted by atomic mass is 32.1. The van der Waals surface area contributed by atoms with Gasteiger partial charge in [-0.25, -0.2) is 0 Å². The Bertz CT molecular complexity index is 479. The second kappa shape index (κ2) is 5.51. The minimum atomic E-state index is -0.126. The van der Waals surface area contributed by atoms with Crippen LogP contribution in [0.3, 0.4) is 0 Å². The molecule has 0 unspecified atom stereocenters. The van der Waals surface area contributed by atoms with Crippen molar-refractivity contribution in [3.63, 3.8) is 0 Å². The van der Waals surface area contributed by atoms with E-state index in [1.807, 2.05) is 5.38 Å². The minimum absolute atomic E-state index is 0.126. The Labute approximate surface area is 102 Å². The maximum absolute atomic E-state index is 11.9. The first-order valence-corrected chi connectivity index (χ1v) is 6.00. The summed E-state index contributed by atoms with van der Waals surface area (Å²) in [5.74, 6) is -0.126. The number of carbonyl (C=O) groups is 1. The van der Waals surface area contributed by atoms with Crippen LogP contribution in [0, 0.1) is 0 Å². The zero-order valence-corrected chi connectivity index (χ0v) is 9.85. The van der Waals surface area contributed by atoms with Gasteiger partial charge in [-0.15, -0.1) is 16.4 Å². The van der Waals surface area contributed by atoms with E-state index >= 15 is 0 Å². The smallest absolute Gasteiger partial charge is 0.263 e. The molecule has 2 aromatic rings. The van der Waals surface area contributed by atoms with Gasteiger partial charge in [0.2, 0.25) is 0 Å². The summed E-state index contributed by atoms with van der Waals surface area (Å²) in [6.45, 7) is 1.13. The number of tetrazole rings is 1. The number of rotatable bonds is 5. The van der Waals surface area contributed by atoms with E-state index in [1.54, 1.807) is 6.07 Å². The fraction of sp³-hybridized carbons (Fsp3) is 0.333. The van der Waals surface area contributed by atoms with Crippen molar-refractivity contribution >= 4 is 17.2 Å². The van der Waals surface area contributed by atoms with Crippen LogP contribution in [0.2, 0.25) is 0 Å². The summed E-state index contributed by atoms with van der Waals surface area (Å²) in [6.07, 6.45) is 2.22. The molecule has 0 fully saturated rings. The average molecular weight is 252 g/mol. The number of hydrogen-bond donors (Lipinski definition) is 2. The number of hydrogen-bond acceptors (Lipinski definition) is 6. The van der Waals surface area contributed by atoms with Crippen molar-refractivity contribution < 1.29 is 4.79 Å². The van der Waals surface area contributed by atoms with Gasteiger partial charge in [0.05, 0.1) is 5.69 Å². The van der Waals surface area contributed by atoms with Gasteiger partial charge in [0.25, 0.3) is 5.91 Å². The predicted molar refractivity (Wildman–Crippen MR) is 63.0 cm³/mol. The van der Waals surface area contributed by atoms with E-state index in [0.29, 0.717) is 23.7 Å². The van der Waals surface area contributed by atoms with Crippen LogP contribution < -0.4 is 11.1 Å². The topological polar surface area (TPSA) is 98.7 Å². The number of amides is 1. The van der Waals surface area contributed by atoms with Crippen LogP contribution in [0.1, 0.15) is 16.1 Å². The molecule has 17 heavy (non-hydrogen) atoms. The van der Waals surface area contributed by atoms with Gasteiger partial charge < -0.3 is 11.1 Å². The molecule has 0 radical (unpaired) electrons. The summed E-state index contributed by atoms with van der Waals surface area (Å²) < 4.78 is 1.47. The molecule has 0 aromatic carbocycles. The number of aromatic nitrogens is 4. The normalized spacial score (nSPS) is 10.4. The number of carbonyl (C=O) groups excluding carboxylic acids is 1. The number of nitrogens with two attached hydrogens (primary N) is 1. The fourth-order valence-corrected chi connectivity index (χ4v) is 2.10. The third-order valence-corrected chi connectivity index (χ3v) is 3.02. The number of nitrogens with zero attached hydrogens (tertiary/aromatic N) is 4. The van der Waals surface area contributed by atoms with Crippen LogP contribution in [-0.2, 0) is 0 Å². The van der Waals surface area contributed by atoms with E-state index in [0.717, 1.165) is 6.42 Å². The lowest BCUT2D eigenvalue weighted by molar-refractivity contribution is 0.0957. The highest BCUT2D eigenvalue weighted by Gasteiger charge is 2.14. The molecule has 0 bridgehead atoms. The Morgan fingerprint density at radius 3 is 3.18 bits per heavy atom. The van der Waals surface area contributed by atoms with Gasteiger partial charge in [0, 0.05) is 6.54 Å². The Hall–Kier alpha value is -1.80. The molecular weight excluding hydrogens is 240 g/mol. The van der Waals surface area contributed by atoms with Crippen molar-refractivity contribution in [1.82, 2.24) is 25.5 Å². The molecule has 0 atom stereocenters. The zero-order chi connectivity index (χ0) is 12.1. The molecule has 2 heterocycles. The quantitative estimate of drug-likeness (QED) is 0.718. The number of nitrogens with one attached hydrogen (secondary N) is 1. The lowest BCUT2D eigenvalue weighted by atomic mass is 10.3. The van der Waals surface area contributed by atoms with Gasteiger partial charge in [0.1, 0.15) is 11.2 Å². The number of thiophene rings is 1. The van der Waals surface area contributed by atoms with E-state index in [4.69, 9.17) is 5.73 Å². The Morgan fingerprint density at radius 2 is 2.47 bits per heavy atom. The van der Waals surface area contributed by atoms with E-state index in [-0.39, 0.29) is 5.91 Å². The van der Waals surface area contributed by atoms with Crippen molar-refractivity contribution in [3.8, 4) is 5.69 Å². The zero-order valence-electron chi connectivity index (χ0n) is 9.04. The summed E-state index contributed by atoms with van der Waals surface area (Å²) in [5.41, 5.74) is 6.05. The average Bonchev–Trinajstić information content (AvgIpc) is 2.99. The summed E-state index contributed by atoms with van der Waals surface area (Å²) in [6, 6.07) is 1.80. The lowest BCUT2D eigenvalue weighted by Gasteiger charge is -2.04. The van der Waals surface area contributed by atoms with E-state index in [9.17, 15) is 4.79 Å². The third kappa shape index (κ3) is 2.66. The van der Waals surface area contributed by atoms with Gasteiger partial charge in [-0.1, -0.05) is 0 Å². The third-order valence-electron chi connectivity index (χ3n) is 2.11. The molecule has 0 saturated heterocycles. The molecule has 2 rings (SSSR count). The standard InChI is InChI=1S/C9H12N6OS/c10-3-1-4-11-9(16)8-7(2-5-17-8)15-6-12-13-14-15/h2,5-6H,1,3-4,10H2,(H,11,16). The summed E-state index contributed by atoms with van der Waals surface area (Å²) in [5, 5.41) is 15.5. The Balaban J connectivity index is 2.11. The lowest BCUT2D eigenvalue weighted by Crippen LogP contribution is -2.26. The first-order chi connectivity index (χ1) is 8.33. The first kappa shape index (κ1) is 11.7. The molecule has 0 spiro atoms. The van der Waals surface area contributed by atoms with Gasteiger partial charge in [0.15, 0.2) is 0 Å². The second-order valence-corrected chi connectivity index (χ2v) is 4.20. The van der Waals surface area contributed by atoms with Gasteiger partial charge in [-0.2, -0.15) is 4.68 Å². The van der Waals surface area contributed by atoms with Gasteiger partial charge in [-0.3, -0.25) is 4.79 Å². The molecule has 8 heteroatoms. The van der Waals surface area contributed by atoms with Crippen LogP contribution in [0.4, 0.5) is 0 Å². The van der Waals surface area contributed by atoms with Crippen LogP contribution in [-0.4, -0.2) is 39.2 Å². The largest absolute Gasteiger partial charge is 0.351 e. The van der Waals surface area contributed by atoms with E-state index < -0.39 is 0 Å². The fourth-order valence-electron chi connectivity index (χ4n) is 1.31. The highest BCUT2D eigenvalue weighted by Crippen LogP contribution is 2.19. The molecule has 0 aliphatic heterocycles. The van der Waals surface area contributed by atoms with E-state index in [1.165, 1.54) is 22.3 Å². The van der Waals surface area contributed by atoms with Gasteiger partial charge >= 0.3 is 0 Å². The van der Waals surface area contributed by atoms with Crippen molar-refractivity contribution in [3.05, 3.63) is 22.7 Å². The van der Waals surface area contributed by atoms with Crippen molar-refractivity contribution in [2.45, 2.75) is 6.42 Å². The van der Waals surface area contributed by atoms with Crippen LogP contribution >= 0.6 is 11.3 Å². The molecule has 0 saturated carbocycles. The Morgan fingerprint density at radius 1 is 1.59 bits per heavy atom. The molecular formula is C9H12N6OS. The molecule has 7 nitrogen and oxygen atoms in total. The molecule has 0 aliphatic carbocycles. The van der Waals surface area contributed by atoms with Crippen LogP contribution in [0.15, 0.2) is 17.8 Å². The van der Waals surface area contributed by atoms with Crippen LogP contribution in [0.5, 0.6) is 0 Å². The first-order valence-electron chi connectivity index (χ1n) is 5.12. The van der Waals surface area contributed by atoms with Crippen LogP contribution in [0.25, 0.3) is 5.69 Å². The predicted octanol–water partition coefficient (Wildman–Crippen LogP) is -0.198. The SMILES string of the molecule is NCCCNC(=O)c1sccc1-n1cnnn1. The molecule has 90 valence electrons. The molecule has 0 aliphatic rings. The monoisotopic (exact) mass is 252 g/mol. The Kier molecular flexibility index (Phi) is 3.78. The maximum atomic E-state index is 11.9. The summed E-state index contributed by atoms with van der Waals surface area (Å²) >= 11 is 1.35.